The number of thioether (sulfide) groups is 1. The summed E-state index contributed by atoms with van der Waals surface area (Å²) in [6, 6.07) is 16.8. The van der Waals surface area contributed by atoms with Gasteiger partial charge in [-0.05, 0) is 60.5 Å². The smallest absolute Gasteiger partial charge is 0.294 e. The number of imide groups is 1. The quantitative estimate of drug-likeness (QED) is 0.448. The van der Waals surface area contributed by atoms with Crippen LogP contribution in [0.3, 0.4) is 0 Å². The Morgan fingerprint density at radius 1 is 0.906 bits per heavy atom. The molecule has 4 rings (SSSR count). The molecule has 0 unspecified atom stereocenters. The van der Waals surface area contributed by atoms with Crippen LogP contribution in [0.15, 0.2) is 59.5 Å². The van der Waals surface area contributed by atoms with Crippen LogP contribution < -0.4 is 9.47 Å². The number of likely N-dealkylation sites (tertiary alicyclic amines) is 1. The third-order valence-electron chi connectivity index (χ3n) is 5.17. The van der Waals surface area contributed by atoms with Crippen molar-refractivity contribution in [3.05, 3.63) is 65.1 Å². The average molecular weight is 453 g/mol. The summed E-state index contributed by atoms with van der Waals surface area (Å²) in [5.41, 5.74) is 0.772. The summed E-state index contributed by atoms with van der Waals surface area (Å²) in [7, 11) is 0. The van der Waals surface area contributed by atoms with Crippen molar-refractivity contribution in [3.63, 3.8) is 0 Å². The standard InChI is InChI=1S/C24H24N2O5S/c27-22(25-12-4-5-13-25)17-26-23(28)21(32-24(26)29)16-18-8-10-20(11-9-18)31-15-14-30-19-6-2-1-3-7-19/h1-3,6-11,16H,4-5,12-15,17H2/b21-16-. The third kappa shape index (κ3) is 5.50. The van der Waals surface area contributed by atoms with E-state index in [1.807, 2.05) is 42.5 Å². The van der Waals surface area contributed by atoms with Crippen LogP contribution in [0.2, 0.25) is 0 Å². The summed E-state index contributed by atoms with van der Waals surface area (Å²) in [6.45, 7) is 2.02. The van der Waals surface area contributed by atoms with Crippen molar-refractivity contribution >= 4 is 34.9 Å². The number of benzene rings is 2. The molecule has 0 atom stereocenters. The van der Waals surface area contributed by atoms with E-state index in [1.54, 1.807) is 23.1 Å². The van der Waals surface area contributed by atoms with Gasteiger partial charge in [0, 0.05) is 13.1 Å². The van der Waals surface area contributed by atoms with Gasteiger partial charge in [-0.1, -0.05) is 30.3 Å². The van der Waals surface area contributed by atoms with Gasteiger partial charge in [0.15, 0.2) is 0 Å². The van der Waals surface area contributed by atoms with E-state index < -0.39 is 11.1 Å². The summed E-state index contributed by atoms with van der Waals surface area (Å²) in [5, 5.41) is -0.410. The molecule has 2 saturated heterocycles. The first-order valence-electron chi connectivity index (χ1n) is 10.5. The van der Waals surface area contributed by atoms with Gasteiger partial charge in [-0.25, -0.2) is 0 Å². The molecule has 0 radical (unpaired) electrons. The molecular weight excluding hydrogens is 428 g/mol. The lowest BCUT2D eigenvalue weighted by Crippen LogP contribution is -2.40. The molecule has 7 nitrogen and oxygen atoms in total. The average Bonchev–Trinajstić information content (AvgIpc) is 3.44. The van der Waals surface area contributed by atoms with Crippen molar-refractivity contribution in [2.75, 3.05) is 32.8 Å². The van der Waals surface area contributed by atoms with Crippen LogP contribution in [-0.2, 0) is 9.59 Å². The number of nitrogens with zero attached hydrogens (tertiary/aromatic N) is 2. The van der Waals surface area contributed by atoms with Gasteiger partial charge < -0.3 is 14.4 Å². The van der Waals surface area contributed by atoms with Crippen molar-refractivity contribution in [1.29, 1.82) is 0 Å². The lowest BCUT2D eigenvalue weighted by atomic mass is 10.2. The van der Waals surface area contributed by atoms with Gasteiger partial charge in [0.1, 0.15) is 31.3 Å². The summed E-state index contributed by atoms with van der Waals surface area (Å²) < 4.78 is 11.3. The van der Waals surface area contributed by atoms with E-state index in [0.29, 0.717) is 37.0 Å². The number of rotatable bonds is 8. The van der Waals surface area contributed by atoms with Gasteiger partial charge in [0.2, 0.25) is 5.91 Å². The molecule has 2 aromatic rings. The molecule has 2 aliphatic rings. The molecule has 32 heavy (non-hydrogen) atoms. The normalized spacial score (nSPS) is 17.3. The molecule has 166 valence electrons. The van der Waals surface area contributed by atoms with Gasteiger partial charge in [-0.15, -0.1) is 0 Å². The molecular formula is C24H24N2O5S. The zero-order chi connectivity index (χ0) is 22.3. The second-order valence-electron chi connectivity index (χ2n) is 7.43. The molecule has 2 aliphatic heterocycles. The second kappa shape index (κ2) is 10.4. The molecule has 8 heteroatoms. The van der Waals surface area contributed by atoms with E-state index in [2.05, 4.69) is 0 Å². The Bertz CT molecular complexity index is 1000. The molecule has 2 fully saturated rings. The monoisotopic (exact) mass is 452 g/mol. The fourth-order valence-electron chi connectivity index (χ4n) is 3.49. The molecule has 0 saturated carbocycles. The first kappa shape index (κ1) is 22.0. The number of carbonyl (C=O) groups is 3. The van der Waals surface area contributed by atoms with Crippen molar-refractivity contribution in [2.45, 2.75) is 12.8 Å². The Balaban J connectivity index is 1.29. The fourth-order valence-corrected chi connectivity index (χ4v) is 4.32. The van der Waals surface area contributed by atoms with Gasteiger partial charge in [0.05, 0.1) is 4.91 Å². The number of carbonyl (C=O) groups excluding carboxylic acids is 3. The van der Waals surface area contributed by atoms with Crippen LogP contribution in [0.1, 0.15) is 18.4 Å². The van der Waals surface area contributed by atoms with Gasteiger partial charge in [-0.3, -0.25) is 19.3 Å². The minimum atomic E-state index is -0.425. The maximum absolute atomic E-state index is 12.6. The summed E-state index contributed by atoms with van der Waals surface area (Å²) in [5.74, 6) is 0.875. The highest BCUT2D eigenvalue weighted by atomic mass is 32.2. The van der Waals surface area contributed by atoms with E-state index in [0.717, 1.165) is 40.8 Å². The number of para-hydroxylation sites is 1. The van der Waals surface area contributed by atoms with E-state index >= 15 is 0 Å². The summed E-state index contributed by atoms with van der Waals surface area (Å²) in [4.78, 5) is 40.3. The predicted octanol–water partition coefficient (Wildman–Crippen LogP) is 3.80. The number of ether oxygens (including phenoxy) is 2. The van der Waals surface area contributed by atoms with E-state index in [1.165, 1.54) is 0 Å². The highest BCUT2D eigenvalue weighted by molar-refractivity contribution is 8.18. The number of hydrogen-bond donors (Lipinski definition) is 0. The molecule has 0 bridgehead atoms. The van der Waals surface area contributed by atoms with Crippen LogP contribution in [0, 0.1) is 0 Å². The lowest BCUT2D eigenvalue weighted by molar-refractivity contribution is -0.135. The van der Waals surface area contributed by atoms with E-state index in [9.17, 15) is 14.4 Å². The molecule has 2 aromatic carbocycles. The van der Waals surface area contributed by atoms with E-state index in [-0.39, 0.29) is 12.5 Å². The number of amides is 3. The van der Waals surface area contributed by atoms with Crippen LogP contribution in [-0.4, -0.2) is 59.7 Å². The van der Waals surface area contributed by atoms with Crippen molar-refractivity contribution in [3.8, 4) is 11.5 Å². The molecule has 0 aromatic heterocycles. The van der Waals surface area contributed by atoms with Crippen LogP contribution in [0.25, 0.3) is 6.08 Å². The Hall–Kier alpha value is -3.26. The maximum atomic E-state index is 12.6. The molecule has 0 aliphatic carbocycles. The summed E-state index contributed by atoms with van der Waals surface area (Å²) in [6.07, 6.45) is 3.59. The Labute approximate surface area is 191 Å². The fraction of sp³-hybridized carbons (Fsp3) is 0.292. The van der Waals surface area contributed by atoms with Crippen molar-refractivity contribution in [2.24, 2.45) is 0 Å². The minimum absolute atomic E-state index is 0.177. The Kier molecular flexibility index (Phi) is 7.11. The molecule has 3 amide bonds. The van der Waals surface area contributed by atoms with Crippen molar-refractivity contribution < 1.29 is 23.9 Å². The predicted molar refractivity (Wildman–Crippen MR) is 122 cm³/mol. The van der Waals surface area contributed by atoms with Crippen LogP contribution >= 0.6 is 11.8 Å². The van der Waals surface area contributed by atoms with Gasteiger partial charge >= 0.3 is 0 Å². The highest BCUT2D eigenvalue weighted by Gasteiger charge is 2.37. The minimum Gasteiger partial charge on any atom is -0.490 e. The SMILES string of the molecule is O=C(CN1C(=O)S/C(=C\c2ccc(OCCOc3ccccc3)cc2)C1=O)N1CCCC1. The van der Waals surface area contributed by atoms with Crippen LogP contribution in [0.4, 0.5) is 4.79 Å². The first-order chi connectivity index (χ1) is 15.6. The second-order valence-corrected chi connectivity index (χ2v) is 8.43. The molecule has 2 heterocycles. The molecule has 0 spiro atoms. The maximum Gasteiger partial charge on any atom is 0.294 e. The highest BCUT2D eigenvalue weighted by Crippen LogP contribution is 2.32. The lowest BCUT2D eigenvalue weighted by Gasteiger charge is -2.18. The topological polar surface area (TPSA) is 76.1 Å². The summed E-state index contributed by atoms with van der Waals surface area (Å²) >= 11 is 0.860. The van der Waals surface area contributed by atoms with Crippen molar-refractivity contribution in [1.82, 2.24) is 9.80 Å². The Morgan fingerprint density at radius 2 is 1.53 bits per heavy atom. The zero-order valence-corrected chi connectivity index (χ0v) is 18.4. The Morgan fingerprint density at radius 3 is 2.19 bits per heavy atom. The van der Waals surface area contributed by atoms with E-state index in [4.69, 9.17) is 9.47 Å². The molecule has 0 N–H and O–H groups in total. The number of hydrogen-bond acceptors (Lipinski definition) is 6. The van der Waals surface area contributed by atoms with Crippen LogP contribution in [0.5, 0.6) is 11.5 Å². The third-order valence-corrected chi connectivity index (χ3v) is 6.07. The largest absolute Gasteiger partial charge is 0.490 e. The zero-order valence-electron chi connectivity index (χ0n) is 17.6. The first-order valence-corrected chi connectivity index (χ1v) is 11.4. The van der Waals surface area contributed by atoms with Gasteiger partial charge in [-0.2, -0.15) is 0 Å². The van der Waals surface area contributed by atoms with Gasteiger partial charge in [0.25, 0.3) is 11.1 Å².